The van der Waals surface area contributed by atoms with Gasteiger partial charge in [0, 0.05) is 37.5 Å². The number of allylic oxidation sites excluding steroid dienone is 2. The van der Waals surface area contributed by atoms with Gasteiger partial charge in [0.1, 0.15) is 0 Å². The van der Waals surface area contributed by atoms with Crippen LogP contribution >= 0.6 is 11.3 Å². The average molecular weight is 331 g/mol. The first-order valence-electron chi connectivity index (χ1n) is 8.36. The summed E-state index contributed by atoms with van der Waals surface area (Å²) in [4.78, 5) is 30.3. The zero-order valence-electron chi connectivity index (χ0n) is 13.0. The zero-order chi connectivity index (χ0) is 15.8. The first-order valence-corrected chi connectivity index (χ1v) is 9.24. The number of carbonyl (C=O) groups is 2. The lowest BCUT2D eigenvalue weighted by Gasteiger charge is -2.40. The van der Waals surface area contributed by atoms with Crippen LogP contribution in [0.4, 0.5) is 5.13 Å². The molecule has 23 heavy (non-hydrogen) atoms. The van der Waals surface area contributed by atoms with Gasteiger partial charge in [0.15, 0.2) is 5.13 Å². The molecule has 5 nitrogen and oxygen atoms in total. The number of amides is 2. The molecule has 3 aliphatic carbocycles. The van der Waals surface area contributed by atoms with Crippen LogP contribution in [0.25, 0.3) is 0 Å². The number of thiazole rings is 1. The molecule has 1 aliphatic heterocycles. The second-order valence-electron chi connectivity index (χ2n) is 6.80. The standard InChI is InChI=1S/C17H21N3O2S/c21-15(19-17-18-7-8-23-17)5-6-16(22)20-9-13-11-1-2-12(4-3-11)14(13)10-20/h1-2,7-8,11-14H,3-6,9-10H2,(H,18,19,21)/t11-,12+,13+,14-. The van der Waals surface area contributed by atoms with E-state index >= 15 is 0 Å². The van der Waals surface area contributed by atoms with Gasteiger partial charge in [0.05, 0.1) is 0 Å². The number of carbonyl (C=O) groups excluding carboxylic acids is 2. The lowest BCUT2D eigenvalue weighted by molar-refractivity contribution is -0.132. The predicted octanol–water partition coefficient (Wildman–Crippen LogP) is 2.53. The SMILES string of the molecule is O=C(CCC(=O)N1C[C@@H]2[C@H](C1)[C@H]1C=C[C@@H]2CC1)Nc1nccs1. The molecule has 0 radical (unpaired) electrons. The first kappa shape index (κ1) is 14.9. The Morgan fingerprint density at radius 1 is 1.17 bits per heavy atom. The van der Waals surface area contributed by atoms with Gasteiger partial charge in [-0.3, -0.25) is 9.59 Å². The second kappa shape index (κ2) is 6.07. The van der Waals surface area contributed by atoms with Gasteiger partial charge >= 0.3 is 0 Å². The highest BCUT2D eigenvalue weighted by Gasteiger charge is 2.46. The van der Waals surface area contributed by atoms with Crippen molar-refractivity contribution < 1.29 is 9.59 Å². The molecule has 0 unspecified atom stereocenters. The summed E-state index contributed by atoms with van der Waals surface area (Å²) in [5, 5.41) is 5.14. The van der Waals surface area contributed by atoms with Crippen LogP contribution in [-0.2, 0) is 9.59 Å². The highest BCUT2D eigenvalue weighted by molar-refractivity contribution is 7.13. The monoisotopic (exact) mass is 331 g/mol. The molecule has 0 aromatic carbocycles. The van der Waals surface area contributed by atoms with Crippen molar-refractivity contribution in [3.8, 4) is 0 Å². The lowest BCUT2D eigenvalue weighted by Crippen LogP contribution is -2.35. The summed E-state index contributed by atoms with van der Waals surface area (Å²) < 4.78 is 0. The number of anilines is 1. The summed E-state index contributed by atoms with van der Waals surface area (Å²) in [7, 11) is 0. The molecule has 1 aromatic rings. The van der Waals surface area contributed by atoms with Crippen molar-refractivity contribution in [1.29, 1.82) is 0 Å². The molecule has 2 amide bonds. The average Bonchev–Trinajstić information content (AvgIpc) is 3.23. The van der Waals surface area contributed by atoms with Crippen molar-refractivity contribution in [2.75, 3.05) is 18.4 Å². The summed E-state index contributed by atoms with van der Waals surface area (Å²) in [6.07, 6.45) is 9.46. The van der Waals surface area contributed by atoms with Gasteiger partial charge in [0.2, 0.25) is 11.8 Å². The second-order valence-corrected chi connectivity index (χ2v) is 7.70. The van der Waals surface area contributed by atoms with Crippen LogP contribution in [0.1, 0.15) is 25.7 Å². The third-order valence-electron chi connectivity index (χ3n) is 5.55. The van der Waals surface area contributed by atoms with Crippen molar-refractivity contribution in [3.63, 3.8) is 0 Å². The maximum atomic E-state index is 12.4. The van der Waals surface area contributed by atoms with Gasteiger partial charge < -0.3 is 10.2 Å². The maximum Gasteiger partial charge on any atom is 0.226 e. The summed E-state index contributed by atoms with van der Waals surface area (Å²) in [6, 6.07) is 0. The van der Waals surface area contributed by atoms with Crippen LogP contribution < -0.4 is 5.32 Å². The Bertz CT molecular complexity index is 606. The molecule has 4 aliphatic rings. The molecular formula is C17H21N3O2S. The van der Waals surface area contributed by atoms with E-state index in [-0.39, 0.29) is 18.2 Å². The Morgan fingerprint density at radius 3 is 2.43 bits per heavy atom. The zero-order valence-corrected chi connectivity index (χ0v) is 13.8. The molecule has 1 aromatic heterocycles. The van der Waals surface area contributed by atoms with E-state index in [1.165, 1.54) is 24.2 Å². The molecule has 2 bridgehead atoms. The topological polar surface area (TPSA) is 62.3 Å². The molecule has 5 rings (SSSR count). The van der Waals surface area contributed by atoms with Crippen LogP contribution in [-0.4, -0.2) is 34.8 Å². The highest BCUT2D eigenvalue weighted by atomic mass is 32.1. The molecule has 1 N–H and O–H groups in total. The van der Waals surface area contributed by atoms with Gasteiger partial charge in [-0.25, -0.2) is 4.98 Å². The van der Waals surface area contributed by atoms with Crippen LogP contribution in [0.5, 0.6) is 0 Å². The number of aromatic nitrogens is 1. The smallest absolute Gasteiger partial charge is 0.226 e. The normalized spacial score (nSPS) is 31.2. The van der Waals surface area contributed by atoms with Crippen molar-refractivity contribution in [1.82, 2.24) is 9.88 Å². The van der Waals surface area contributed by atoms with Crippen LogP contribution in [0.2, 0.25) is 0 Å². The fraction of sp³-hybridized carbons (Fsp3) is 0.588. The first-order chi connectivity index (χ1) is 11.2. The molecule has 2 fully saturated rings. The van der Waals surface area contributed by atoms with E-state index in [0.717, 1.165) is 13.1 Å². The third-order valence-corrected chi connectivity index (χ3v) is 6.24. The molecule has 2 heterocycles. The minimum absolute atomic E-state index is 0.119. The lowest BCUT2D eigenvalue weighted by atomic mass is 9.64. The van der Waals surface area contributed by atoms with Crippen molar-refractivity contribution in [2.24, 2.45) is 23.7 Å². The van der Waals surface area contributed by atoms with Gasteiger partial charge in [-0.05, 0) is 36.5 Å². The highest BCUT2D eigenvalue weighted by Crippen LogP contribution is 2.48. The number of hydrogen-bond acceptors (Lipinski definition) is 4. The van der Waals surface area contributed by atoms with Crippen LogP contribution in [0.15, 0.2) is 23.7 Å². The van der Waals surface area contributed by atoms with E-state index in [0.29, 0.717) is 35.2 Å². The minimum Gasteiger partial charge on any atom is -0.342 e. The van der Waals surface area contributed by atoms with Gasteiger partial charge in [-0.15, -0.1) is 11.3 Å². The van der Waals surface area contributed by atoms with E-state index in [9.17, 15) is 9.59 Å². The van der Waals surface area contributed by atoms with E-state index in [2.05, 4.69) is 22.5 Å². The maximum absolute atomic E-state index is 12.4. The minimum atomic E-state index is -0.133. The number of nitrogens with one attached hydrogen (secondary N) is 1. The number of likely N-dealkylation sites (tertiary alicyclic amines) is 1. The molecule has 0 spiro atoms. The largest absolute Gasteiger partial charge is 0.342 e. The molecule has 6 heteroatoms. The van der Waals surface area contributed by atoms with E-state index in [1.807, 2.05) is 10.3 Å². The third kappa shape index (κ3) is 2.92. The number of hydrogen-bond donors (Lipinski definition) is 1. The Hall–Kier alpha value is -1.69. The summed E-state index contributed by atoms with van der Waals surface area (Å²) >= 11 is 1.39. The van der Waals surface area contributed by atoms with Crippen LogP contribution in [0.3, 0.4) is 0 Å². The Kier molecular flexibility index (Phi) is 3.93. The molecular weight excluding hydrogens is 310 g/mol. The fourth-order valence-corrected chi connectivity index (χ4v) is 4.93. The van der Waals surface area contributed by atoms with E-state index < -0.39 is 0 Å². The Labute approximate surface area is 139 Å². The van der Waals surface area contributed by atoms with Crippen molar-refractivity contribution in [2.45, 2.75) is 25.7 Å². The van der Waals surface area contributed by atoms with E-state index in [4.69, 9.17) is 0 Å². The molecule has 1 saturated heterocycles. The predicted molar refractivity (Wildman–Crippen MR) is 88.9 cm³/mol. The van der Waals surface area contributed by atoms with Gasteiger partial charge in [-0.2, -0.15) is 0 Å². The summed E-state index contributed by atoms with van der Waals surface area (Å²) in [6.45, 7) is 1.76. The number of rotatable bonds is 4. The van der Waals surface area contributed by atoms with Gasteiger partial charge in [-0.1, -0.05) is 12.2 Å². The summed E-state index contributed by atoms with van der Waals surface area (Å²) in [5.74, 6) is 2.60. The van der Waals surface area contributed by atoms with Crippen LogP contribution in [0, 0.1) is 23.7 Å². The Morgan fingerprint density at radius 2 is 1.87 bits per heavy atom. The Balaban J connectivity index is 1.28. The quantitative estimate of drug-likeness (QED) is 0.863. The van der Waals surface area contributed by atoms with Gasteiger partial charge in [0.25, 0.3) is 0 Å². The van der Waals surface area contributed by atoms with Crippen molar-refractivity contribution in [3.05, 3.63) is 23.7 Å². The molecule has 4 atom stereocenters. The van der Waals surface area contributed by atoms with E-state index in [1.54, 1.807) is 6.20 Å². The fourth-order valence-electron chi connectivity index (χ4n) is 4.39. The summed E-state index contributed by atoms with van der Waals surface area (Å²) in [5.41, 5.74) is 0. The molecule has 122 valence electrons. The molecule has 1 saturated carbocycles. The van der Waals surface area contributed by atoms with Crippen molar-refractivity contribution >= 4 is 28.3 Å². The number of nitrogens with zero attached hydrogens (tertiary/aromatic N) is 2. The number of fused-ring (bicyclic) bond motifs is 1.